The third-order valence-corrected chi connectivity index (χ3v) is 2.73. The van der Waals surface area contributed by atoms with Crippen LogP contribution in [0.5, 0.6) is 0 Å². The average molecular weight is 353 g/mol. The number of hydrogen-bond acceptors (Lipinski definition) is 4. The van der Waals surface area contributed by atoms with Crippen molar-refractivity contribution in [2.24, 2.45) is 5.73 Å². The van der Waals surface area contributed by atoms with Gasteiger partial charge in [-0.25, -0.2) is 4.39 Å². The Bertz CT molecular complexity index is 415. The van der Waals surface area contributed by atoms with Crippen molar-refractivity contribution in [1.82, 2.24) is 0 Å². The van der Waals surface area contributed by atoms with Crippen molar-refractivity contribution < 1.29 is 13.9 Å². The molecule has 1 aromatic rings. The molecule has 0 heterocycles. The van der Waals surface area contributed by atoms with Gasteiger partial charge in [0.15, 0.2) is 0 Å². The van der Waals surface area contributed by atoms with E-state index in [1.165, 1.54) is 6.07 Å². The molecule has 7 heteroatoms. The lowest BCUT2D eigenvalue weighted by atomic mass is 10.2. The second kappa shape index (κ2) is 6.60. The normalized spacial score (nSPS) is 10.2. The number of primary amides is 1. The van der Waals surface area contributed by atoms with Gasteiger partial charge in [-0.2, -0.15) is 0 Å². The summed E-state index contributed by atoms with van der Waals surface area (Å²) in [6, 6.07) is 2.87. The van der Waals surface area contributed by atoms with Gasteiger partial charge in [-0.05, 0) is 28.7 Å². The molecule has 0 bridgehead atoms. The van der Waals surface area contributed by atoms with E-state index in [2.05, 4.69) is 5.32 Å². The number of nitrogen functional groups attached to an aromatic ring is 1. The lowest BCUT2D eigenvalue weighted by Crippen LogP contribution is -2.20. The number of rotatable bonds is 6. The van der Waals surface area contributed by atoms with Crippen LogP contribution in [0.4, 0.5) is 15.8 Å². The van der Waals surface area contributed by atoms with Crippen molar-refractivity contribution in [3.05, 3.63) is 21.5 Å². The topological polar surface area (TPSA) is 90.4 Å². The number of carbonyl (C=O) groups excluding carboxylic acids is 1. The van der Waals surface area contributed by atoms with E-state index in [1.54, 1.807) is 6.07 Å². The van der Waals surface area contributed by atoms with E-state index in [1.807, 2.05) is 22.6 Å². The van der Waals surface area contributed by atoms with Crippen LogP contribution in [0.15, 0.2) is 12.1 Å². The maximum Gasteiger partial charge on any atom is 0.243 e. The summed E-state index contributed by atoms with van der Waals surface area (Å²) in [5, 5.41) is 2.91. The first-order chi connectivity index (χ1) is 8.00. The smallest absolute Gasteiger partial charge is 0.243 e. The number of benzene rings is 1. The van der Waals surface area contributed by atoms with Gasteiger partial charge in [-0.15, -0.1) is 0 Å². The van der Waals surface area contributed by atoms with Crippen LogP contribution in [0.3, 0.4) is 0 Å². The van der Waals surface area contributed by atoms with Crippen LogP contribution in [-0.2, 0) is 9.53 Å². The van der Waals surface area contributed by atoms with Gasteiger partial charge in [-0.1, -0.05) is 0 Å². The van der Waals surface area contributed by atoms with Crippen LogP contribution >= 0.6 is 22.6 Å². The van der Waals surface area contributed by atoms with E-state index in [4.69, 9.17) is 16.2 Å². The largest absolute Gasteiger partial charge is 0.397 e. The molecular formula is C10H13FIN3O2. The van der Waals surface area contributed by atoms with Crippen molar-refractivity contribution in [2.75, 3.05) is 30.8 Å². The summed E-state index contributed by atoms with van der Waals surface area (Å²) in [5.74, 6) is -0.856. The molecule has 0 fully saturated rings. The van der Waals surface area contributed by atoms with Crippen molar-refractivity contribution in [2.45, 2.75) is 0 Å². The van der Waals surface area contributed by atoms with Gasteiger partial charge in [0.25, 0.3) is 0 Å². The van der Waals surface area contributed by atoms with Gasteiger partial charge >= 0.3 is 0 Å². The molecule has 1 rings (SSSR count). The highest BCUT2D eigenvalue weighted by atomic mass is 127. The molecule has 0 aliphatic heterocycles. The van der Waals surface area contributed by atoms with Gasteiger partial charge < -0.3 is 21.5 Å². The van der Waals surface area contributed by atoms with Gasteiger partial charge in [-0.3, -0.25) is 4.79 Å². The molecular weight excluding hydrogens is 340 g/mol. The van der Waals surface area contributed by atoms with E-state index in [9.17, 15) is 9.18 Å². The summed E-state index contributed by atoms with van der Waals surface area (Å²) in [5.41, 5.74) is 11.6. The maximum atomic E-state index is 13.2. The van der Waals surface area contributed by atoms with E-state index < -0.39 is 5.91 Å². The number of ether oxygens (including phenoxy) is 1. The molecule has 0 unspecified atom stereocenters. The van der Waals surface area contributed by atoms with Gasteiger partial charge in [0.2, 0.25) is 5.91 Å². The predicted molar refractivity (Wildman–Crippen MR) is 72.0 cm³/mol. The summed E-state index contributed by atoms with van der Waals surface area (Å²) < 4.78 is 18.7. The zero-order valence-corrected chi connectivity index (χ0v) is 11.2. The molecule has 0 aliphatic rings. The Balaban J connectivity index is 2.41. The Morgan fingerprint density at radius 2 is 2.24 bits per heavy atom. The van der Waals surface area contributed by atoms with E-state index in [0.717, 1.165) is 0 Å². The molecule has 94 valence electrons. The molecule has 0 spiro atoms. The number of anilines is 2. The van der Waals surface area contributed by atoms with Crippen molar-refractivity contribution in [3.63, 3.8) is 0 Å². The highest BCUT2D eigenvalue weighted by Gasteiger charge is 2.05. The Hall–Kier alpha value is -1.09. The van der Waals surface area contributed by atoms with Crippen LogP contribution in [0, 0.1) is 9.39 Å². The van der Waals surface area contributed by atoms with E-state index >= 15 is 0 Å². The lowest BCUT2D eigenvalue weighted by Gasteiger charge is -2.10. The maximum absolute atomic E-state index is 13.2. The van der Waals surface area contributed by atoms with Crippen molar-refractivity contribution in [3.8, 4) is 0 Å². The molecule has 0 radical (unpaired) electrons. The molecule has 0 atom stereocenters. The van der Waals surface area contributed by atoms with Crippen LogP contribution in [0.25, 0.3) is 0 Å². The minimum Gasteiger partial charge on any atom is -0.397 e. The predicted octanol–water partition coefficient (Wildman–Crippen LogP) is 0.926. The van der Waals surface area contributed by atoms with Crippen LogP contribution in [0.2, 0.25) is 0 Å². The molecule has 17 heavy (non-hydrogen) atoms. The lowest BCUT2D eigenvalue weighted by molar-refractivity contribution is -0.122. The number of carbonyl (C=O) groups is 1. The van der Waals surface area contributed by atoms with Gasteiger partial charge in [0.05, 0.1) is 21.6 Å². The molecule has 0 aromatic heterocycles. The Morgan fingerprint density at radius 1 is 1.53 bits per heavy atom. The summed E-state index contributed by atoms with van der Waals surface area (Å²) in [6.07, 6.45) is 0. The van der Waals surface area contributed by atoms with Crippen LogP contribution < -0.4 is 16.8 Å². The molecule has 0 aliphatic carbocycles. The molecule has 0 saturated heterocycles. The van der Waals surface area contributed by atoms with Gasteiger partial charge in [0, 0.05) is 12.6 Å². The molecule has 0 saturated carbocycles. The zero-order chi connectivity index (χ0) is 12.8. The standard InChI is InChI=1S/C10H13FIN3O2/c11-6-3-9(8(13)4-7(6)12)15-1-2-17-5-10(14)16/h3-4,15H,1-2,5,13H2,(H2,14,16). The number of nitrogens with one attached hydrogen (secondary N) is 1. The fraction of sp³-hybridized carbons (Fsp3) is 0.300. The van der Waals surface area contributed by atoms with Crippen molar-refractivity contribution >= 4 is 39.9 Å². The number of halogens is 2. The molecule has 1 amide bonds. The Labute approximate surface area is 112 Å². The fourth-order valence-electron chi connectivity index (χ4n) is 1.15. The summed E-state index contributed by atoms with van der Waals surface area (Å²) in [7, 11) is 0. The van der Waals surface area contributed by atoms with Gasteiger partial charge in [0.1, 0.15) is 12.4 Å². The second-order valence-electron chi connectivity index (χ2n) is 3.30. The first kappa shape index (κ1) is 14.0. The van der Waals surface area contributed by atoms with E-state index in [0.29, 0.717) is 21.5 Å². The molecule has 1 aromatic carbocycles. The third kappa shape index (κ3) is 4.73. The quantitative estimate of drug-likeness (QED) is 0.403. The average Bonchev–Trinajstić information content (AvgIpc) is 2.24. The zero-order valence-electron chi connectivity index (χ0n) is 9.00. The highest BCUT2D eigenvalue weighted by molar-refractivity contribution is 14.1. The van der Waals surface area contributed by atoms with E-state index in [-0.39, 0.29) is 19.0 Å². The Morgan fingerprint density at radius 3 is 2.88 bits per heavy atom. The number of amides is 1. The minimum atomic E-state index is -0.523. The van der Waals surface area contributed by atoms with Crippen molar-refractivity contribution in [1.29, 1.82) is 0 Å². The molecule has 5 N–H and O–H groups in total. The SMILES string of the molecule is NC(=O)COCCNc1cc(F)c(I)cc1N. The molecule has 5 nitrogen and oxygen atoms in total. The summed E-state index contributed by atoms with van der Waals surface area (Å²) in [4.78, 5) is 10.4. The summed E-state index contributed by atoms with van der Waals surface area (Å²) >= 11 is 1.87. The highest BCUT2D eigenvalue weighted by Crippen LogP contribution is 2.23. The van der Waals surface area contributed by atoms with Crippen LogP contribution in [0.1, 0.15) is 0 Å². The monoisotopic (exact) mass is 353 g/mol. The fourth-order valence-corrected chi connectivity index (χ4v) is 1.64. The number of hydrogen-bond donors (Lipinski definition) is 3. The summed E-state index contributed by atoms with van der Waals surface area (Å²) in [6.45, 7) is 0.575. The minimum absolute atomic E-state index is 0.127. The third-order valence-electron chi connectivity index (χ3n) is 1.90. The first-order valence-corrected chi connectivity index (χ1v) is 5.93. The van der Waals surface area contributed by atoms with Crippen LogP contribution in [-0.4, -0.2) is 25.7 Å². The first-order valence-electron chi connectivity index (χ1n) is 4.85. The number of nitrogens with two attached hydrogens (primary N) is 2. The Kier molecular flexibility index (Phi) is 5.42. The second-order valence-corrected chi connectivity index (χ2v) is 4.46.